The molecule has 1 aromatic rings. The number of hydrogen-bond acceptors (Lipinski definition) is 5. The fourth-order valence-electron chi connectivity index (χ4n) is 1.37. The molecular weight excluding hydrogens is 243 g/mol. The van der Waals surface area contributed by atoms with E-state index in [1.807, 2.05) is 0 Å². The highest BCUT2D eigenvalue weighted by Crippen LogP contribution is 2.22. The van der Waals surface area contributed by atoms with Crippen molar-refractivity contribution in [2.45, 2.75) is 6.42 Å². The summed E-state index contributed by atoms with van der Waals surface area (Å²) in [5.74, 6) is -3.80. The van der Waals surface area contributed by atoms with Crippen molar-refractivity contribution in [2.24, 2.45) is 0 Å². The minimum absolute atomic E-state index is 0.0117. The number of halogens is 1. The zero-order valence-corrected chi connectivity index (χ0v) is 9.86. The summed E-state index contributed by atoms with van der Waals surface area (Å²) in [5, 5.41) is 0. The molecule has 5 nitrogen and oxygen atoms in total. The Kier molecular flexibility index (Phi) is 4.53. The van der Waals surface area contributed by atoms with Crippen molar-refractivity contribution in [1.82, 2.24) is 0 Å². The first-order valence-corrected chi connectivity index (χ1v) is 4.98. The Morgan fingerprint density at radius 2 is 1.89 bits per heavy atom. The molecule has 0 unspecified atom stereocenters. The van der Waals surface area contributed by atoms with Gasteiger partial charge in [-0.1, -0.05) is 6.07 Å². The van der Waals surface area contributed by atoms with Gasteiger partial charge in [0.05, 0.1) is 26.2 Å². The summed E-state index contributed by atoms with van der Waals surface area (Å²) < 4.78 is 22.5. The van der Waals surface area contributed by atoms with Crippen molar-refractivity contribution in [2.75, 3.05) is 14.2 Å². The van der Waals surface area contributed by atoms with Crippen LogP contribution in [0.15, 0.2) is 18.2 Å². The molecule has 18 heavy (non-hydrogen) atoms. The minimum atomic E-state index is -1.14. The highest BCUT2D eigenvalue weighted by molar-refractivity contribution is 6.38. The Bertz CT molecular complexity index is 495. The fourth-order valence-corrected chi connectivity index (χ4v) is 1.37. The Morgan fingerprint density at radius 3 is 2.44 bits per heavy atom. The minimum Gasteiger partial charge on any atom is -0.496 e. The lowest BCUT2D eigenvalue weighted by Crippen LogP contribution is -2.20. The number of hydrogen-bond donors (Lipinski definition) is 0. The molecule has 0 heterocycles. The molecule has 0 amide bonds. The predicted octanol–water partition coefficient (Wildman–Crippen LogP) is 1.15. The summed E-state index contributed by atoms with van der Waals surface area (Å²) in [5.41, 5.74) is -0.350. The summed E-state index contributed by atoms with van der Waals surface area (Å²) in [6.07, 6.45) is -0.760. The number of carbonyl (C=O) groups excluding carboxylic acids is 3. The van der Waals surface area contributed by atoms with E-state index in [4.69, 9.17) is 4.74 Å². The second-order valence-corrected chi connectivity index (χ2v) is 3.33. The van der Waals surface area contributed by atoms with E-state index in [1.165, 1.54) is 19.2 Å². The quantitative estimate of drug-likeness (QED) is 0.341. The van der Waals surface area contributed by atoms with E-state index in [1.54, 1.807) is 0 Å². The van der Waals surface area contributed by atoms with Crippen molar-refractivity contribution in [1.29, 1.82) is 0 Å². The molecule has 0 bridgehead atoms. The summed E-state index contributed by atoms with van der Waals surface area (Å²) in [7, 11) is 2.29. The zero-order valence-electron chi connectivity index (χ0n) is 9.86. The summed E-state index contributed by atoms with van der Waals surface area (Å²) in [4.78, 5) is 33.8. The maximum Gasteiger partial charge on any atom is 0.374 e. The average Bonchev–Trinajstić information content (AvgIpc) is 2.36. The smallest absolute Gasteiger partial charge is 0.374 e. The van der Waals surface area contributed by atoms with E-state index in [0.717, 1.165) is 13.2 Å². The van der Waals surface area contributed by atoms with Crippen LogP contribution in [-0.2, 0) is 14.3 Å². The van der Waals surface area contributed by atoms with Crippen LogP contribution in [0.5, 0.6) is 5.75 Å². The van der Waals surface area contributed by atoms with E-state index in [9.17, 15) is 18.8 Å². The van der Waals surface area contributed by atoms with Crippen LogP contribution in [0.4, 0.5) is 4.39 Å². The molecule has 0 radical (unpaired) electrons. The van der Waals surface area contributed by atoms with E-state index >= 15 is 0 Å². The lowest BCUT2D eigenvalue weighted by molar-refractivity contribution is -0.151. The summed E-state index contributed by atoms with van der Waals surface area (Å²) >= 11 is 0. The van der Waals surface area contributed by atoms with Crippen molar-refractivity contribution in [3.8, 4) is 5.75 Å². The molecule has 0 N–H and O–H groups in total. The van der Waals surface area contributed by atoms with E-state index in [0.29, 0.717) is 0 Å². The highest BCUT2D eigenvalue weighted by atomic mass is 19.1. The van der Waals surface area contributed by atoms with Crippen LogP contribution in [0.25, 0.3) is 0 Å². The van der Waals surface area contributed by atoms with Crippen LogP contribution in [0, 0.1) is 5.82 Å². The SMILES string of the molecule is COC(=O)C(=O)CC(=O)c1c(F)cccc1OC. The highest BCUT2D eigenvalue weighted by Gasteiger charge is 2.24. The molecule has 1 rings (SSSR count). The Hall–Kier alpha value is -2.24. The van der Waals surface area contributed by atoms with Crippen LogP contribution in [0.3, 0.4) is 0 Å². The van der Waals surface area contributed by atoms with Gasteiger partial charge in [0.2, 0.25) is 5.78 Å². The van der Waals surface area contributed by atoms with Crippen LogP contribution in [-0.4, -0.2) is 31.8 Å². The third kappa shape index (κ3) is 2.91. The molecule has 0 spiro atoms. The van der Waals surface area contributed by atoms with Crippen LogP contribution in [0.2, 0.25) is 0 Å². The molecule has 1 aromatic carbocycles. The molecule has 0 saturated heterocycles. The van der Waals surface area contributed by atoms with Gasteiger partial charge in [0.25, 0.3) is 0 Å². The van der Waals surface area contributed by atoms with Gasteiger partial charge in [-0.3, -0.25) is 9.59 Å². The average molecular weight is 254 g/mol. The lowest BCUT2D eigenvalue weighted by atomic mass is 10.0. The number of benzene rings is 1. The van der Waals surface area contributed by atoms with Gasteiger partial charge < -0.3 is 9.47 Å². The molecular formula is C12H11FO5. The van der Waals surface area contributed by atoms with Gasteiger partial charge in [-0.05, 0) is 12.1 Å². The molecule has 6 heteroatoms. The van der Waals surface area contributed by atoms with Gasteiger partial charge in [-0.2, -0.15) is 0 Å². The number of carbonyl (C=O) groups is 3. The number of Topliss-reactive ketones (excluding diaryl/α,β-unsaturated/α-hetero) is 2. The first-order valence-electron chi connectivity index (χ1n) is 4.98. The molecule has 0 saturated carbocycles. The first-order chi connectivity index (χ1) is 8.51. The molecule has 0 aromatic heterocycles. The Labute approximate surface area is 102 Å². The number of ether oxygens (including phenoxy) is 2. The molecule has 0 fully saturated rings. The monoisotopic (exact) mass is 254 g/mol. The maximum atomic E-state index is 13.5. The largest absolute Gasteiger partial charge is 0.496 e. The number of methoxy groups -OCH3 is 2. The van der Waals surface area contributed by atoms with Gasteiger partial charge in [0.1, 0.15) is 11.6 Å². The van der Waals surface area contributed by atoms with Crippen molar-refractivity contribution >= 4 is 17.5 Å². The third-order valence-corrected chi connectivity index (χ3v) is 2.21. The molecule has 0 atom stereocenters. The van der Waals surface area contributed by atoms with E-state index in [2.05, 4.69) is 4.74 Å². The van der Waals surface area contributed by atoms with Gasteiger partial charge in [0.15, 0.2) is 5.78 Å². The maximum absolute atomic E-state index is 13.5. The number of rotatable bonds is 5. The topological polar surface area (TPSA) is 69.7 Å². The van der Waals surface area contributed by atoms with Gasteiger partial charge in [0, 0.05) is 0 Å². The molecule has 96 valence electrons. The van der Waals surface area contributed by atoms with Gasteiger partial charge in [-0.15, -0.1) is 0 Å². The summed E-state index contributed by atoms with van der Waals surface area (Å²) in [6, 6.07) is 3.82. The normalized spacial score (nSPS) is 9.72. The third-order valence-electron chi connectivity index (χ3n) is 2.21. The Balaban J connectivity index is 2.98. The summed E-state index contributed by atoms with van der Waals surface area (Å²) in [6.45, 7) is 0. The van der Waals surface area contributed by atoms with Crippen molar-refractivity contribution in [3.05, 3.63) is 29.6 Å². The van der Waals surface area contributed by atoms with E-state index < -0.39 is 29.8 Å². The van der Waals surface area contributed by atoms with Crippen LogP contribution < -0.4 is 4.74 Å². The lowest BCUT2D eigenvalue weighted by Gasteiger charge is -2.07. The van der Waals surface area contributed by atoms with Crippen LogP contribution in [0.1, 0.15) is 16.8 Å². The first kappa shape index (κ1) is 13.8. The molecule has 0 aliphatic carbocycles. The van der Waals surface area contributed by atoms with E-state index in [-0.39, 0.29) is 11.3 Å². The van der Waals surface area contributed by atoms with Gasteiger partial charge >= 0.3 is 5.97 Å². The standard InChI is InChI=1S/C12H11FO5/c1-17-10-5-3-4-7(13)11(10)8(14)6-9(15)12(16)18-2/h3-5H,6H2,1-2H3. The van der Waals surface area contributed by atoms with Gasteiger partial charge in [-0.25, -0.2) is 9.18 Å². The number of ketones is 2. The number of esters is 1. The fraction of sp³-hybridized carbons (Fsp3) is 0.250. The Morgan fingerprint density at radius 1 is 1.22 bits per heavy atom. The second kappa shape index (κ2) is 5.90. The molecule has 0 aliphatic heterocycles. The van der Waals surface area contributed by atoms with Crippen molar-refractivity contribution in [3.63, 3.8) is 0 Å². The second-order valence-electron chi connectivity index (χ2n) is 3.33. The molecule has 0 aliphatic rings. The van der Waals surface area contributed by atoms with Crippen LogP contribution >= 0.6 is 0 Å². The predicted molar refractivity (Wildman–Crippen MR) is 58.9 cm³/mol. The van der Waals surface area contributed by atoms with Crippen molar-refractivity contribution < 1.29 is 28.2 Å². The zero-order chi connectivity index (χ0) is 13.7.